The molecule has 0 radical (unpaired) electrons. The second-order valence-electron chi connectivity index (χ2n) is 11.5. The van der Waals surface area contributed by atoms with E-state index in [0.29, 0.717) is 63.3 Å². The lowest BCUT2D eigenvalue weighted by Gasteiger charge is -2.24. The predicted molar refractivity (Wildman–Crippen MR) is 160 cm³/mol. The van der Waals surface area contributed by atoms with E-state index in [0.717, 1.165) is 25.7 Å². The van der Waals surface area contributed by atoms with Gasteiger partial charge >= 0.3 is 12.4 Å². The molecule has 0 aromatic heterocycles. The summed E-state index contributed by atoms with van der Waals surface area (Å²) in [5.41, 5.74) is -7.01. The van der Waals surface area contributed by atoms with Gasteiger partial charge in [-0.25, -0.2) is 0 Å². The Balaban J connectivity index is 0.000000260. The van der Waals surface area contributed by atoms with Crippen molar-refractivity contribution in [2.45, 2.75) is 64.7 Å². The third-order valence-corrected chi connectivity index (χ3v) is 7.55. The fraction of sp³-hybridized carbons (Fsp3) is 0.571. The molecule has 0 amide bonds. The molecule has 20 heteroatoms. The monoisotopic (exact) mass is 694 g/mol. The molecule has 4 rings (SSSR count). The van der Waals surface area contributed by atoms with E-state index in [9.17, 15) is 66.8 Å². The first kappa shape index (κ1) is 37.7. The van der Waals surface area contributed by atoms with Crippen molar-refractivity contribution in [2.24, 2.45) is 11.8 Å². The largest absolute Gasteiger partial charge is 0.416 e. The fourth-order valence-electron chi connectivity index (χ4n) is 5.09. The van der Waals surface area contributed by atoms with Crippen LogP contribution >= 0.6 is 0 Å². The highest BCUT2D eigenvalue weighted by Gasteiger charge is 2.41. The van der Waals surface area contributed by atoms with E-state index in [1.165, 1.54) is 9.80 Å². The predicted octanol–water partition coefficient (Wildman–Crippen LogP) is 8.30. The minimum atomic E-state index is -4.90. The standard InChI is InChI=1S/2C14H16F3N3O4/c2*1-2-5-18(8-9-3-4-9)13-11(19(21)22)6-10(14(15,16)17)7-12(13)20(23)24/h2*6-7,9H,2-5,8H2,1H3. The number of nitro groups is 4. The molecule has 0 aliphatic heterocycles. The number of hydrogen-bond acceptors (Lipinski definition) is 10. The number of nitro benzene ring substituents is 4. The lowest BCUT2D eigenvalue weighted by Crippen LogP contribution is -2.28. The number of hydrogen-bond donors (Lipinski definition) is 0. The lowest BCUT2D eigenvalue weighted by atomic mass is 10.1. The Bertz CT molecular complexity index is 1360. The molecule has 2 aliphatic rings. The number of alkyl halides is 6. The molecule has 2 fully saturated rings. The molecule has 0 heterocycles. The van der Waals surface area contributed by atoms with E-state index in [1.54, 1.807) is 13.8 Å². The Kier molecular flexibility index (Phi) is 11.8. The highest BCUT2D eigenvalue weighted by Crippen LogP contribution is 2.46. The van der Waals surface area contributed by atoms with Crippen LogP contribution in [0.25, 0.3) is 0 Å². The van der Waals surface area contributed by atoms with Gasteiger partial charge in [-0.3, -0.25) is 40.5 Å². The van der Waals surface area contributed by atoms with Crippen LogP contribution < -0.4 is 9.80 Å². The third kappa shape index (κ3) is 9.63. The summed E-state index contributed by atoms with van der Waals surface area (Å²) in [6, 6.07) is 1.49. The zero-order valence-corrected chi connectivity index (χ0v) is 25.8. The fourth-order valence-corrected chi connectivity index (χ4v) is 5.09. The Morgan fingerprint density at radius 1 is 0.583 bits per heavy atom. The van der Waals surface area contributed by atoms with Gasteiger partial charge in [0.25, 0.3) is 22.7 Å². The van der Waals surface area contributed by atoms with Crippen LogP contribution in [-0.4, -0.2) is 45.9 Å². The Hall–Kier alpha value is -4.78. The molecule has 0 unspecified atom stereocenters. The van der Waals surface area contributed by atoms with Gasteiger partial charge in [0.2, 0.25) is 0 Å². The molecule has 0 saturated heterocycles. The van der Waals surface area contributed by atoms with Crippen molar-refractivity contribution in [1.82, 2.24) is 0 Å². The van der Waals surface area contributed by atoms with E-state index in [1.807, 2.05) is 0 Å². The average Bonchev–Trinajstić information content (AvgIpc) is 3.92. The quantitative estimate of drug-likeness (QED) is 0.106. The minimum absolute atomic E-state index is 0.262. The van der Waals surface area contributed by atoms with Gasteiger partial charge in [0.1, 0.15) is 0 Å². The lowest BCUT2D eigenvalue weighted by molar-refractivity contribution is -0.393. The molecule has 264 valence electrons. The zero-order valence-electron chi connectivity index (χ0n) is 25.8. The van der Waals surface area contributed by atoms with Gasteiger partial charge in [-0.2, -0.15) is 26.3 Å². The smallest absolute Gasteiger partial charge is 0.360 e. The molecule has 0 N–H and O–H groups in total. The molecular weight excluding hydrogens is 662 g/mol. The molecule has 48 heavy (non-hydrogen) atoms. The molecule has 0 spiro atoms. The maximum Gasteiger partial charge on any atom is 0.416 e. The summed E-state index contributed by atoms with van der Waals surface area (Å²) >= 11 is 0. The van der Waals surface area contributed by atoms with Crippen LogP contribution in [-0.2, 0) is 12.4 Å². The van der Waals surface area contributed by atoms with Crippen molar-refractivity contribution >= 4 is 34.1 Å². The highest BCUT2D eigenvalue weighted by molar-refractivity contribution is 5.77. The Labute approximate surface area is 268 Å². The van der Waals surface area contributed by atoms with Crippen molar-refractivity contribution in [1.29, 1.82) is 0 Å². The van der Waals surface area contributed by atoms with E-state index < -0.39 is 65.9 Å². The van der Waals surface area contributed by atoms with Crippen molar-refractivity contribution in [3.05, 3.63) is 75.8 Å². The number of rotatable bonds is 14. The number of halogens is 6. The van der Waals surface area contributed by atoms with Gasteiger partial charge in [0.05, 0.1) is 30.8 Å². The summed E-state index contributed by atoms with van der Waals surface area (Å²) in [5, 5.41) is 45.1. The van der Waals surface area contributed by atoms with Crippen molar-refractivity contribution < 1.29 is 46.0 Å². The summed E-state index contributed by atoms with van der Waals surface area (Å²) < 4.78 is 77.5. The Morgan fingerprint density at radius 3 is 1.00 bits per heavy atom. The van der Waals surface area contributed by atoms with E-state index in [2.05, 4.69) is 0 Å². The number of anilines is 2. The van der Waals surface area contributed by atoms with Crippen LogP contribution in [0.5, 0.6) is 0 Å². The van der Waals surface area contributed by atoms with Gasteiger partial charge in [-0.05, 0) is 50.4 Å². The van der Waals surface area contributed by atoms with E-state index in [4.69, 9.17) is 0 Å². The summed E-state index contributed by atoms with van der Waals surface area (Å²) in [6.45, 7) is 4.90. The summed E-state index contributed by atoms with van der Waals surface area (Å²) in [5.74, 6) is 0.524. The highest BCUT2D eigenvalue weighted by atomic mass is 19.4. The number of benzene rings is 2. The first-order valence-corrected chi connectivity index (χ1v) is 14.9. The van der Waals surface area contributed by atoms with Gasteiger partial charge in [0.15, 0.2) is 11.4 Å². The van der Waals surface area contributed by atoms with Gasteiger partial charge in [-0.15, -0.1) is 0 Å². The molecule has 2 aromatic rings. The number of nitrogens with zero attached hydrogens (tertiary/aromatic N) is 6. The molecule has 2 aliphatic carbocycles. The van der Waals surface area contributed by atoms with Gasteiger partial charge in [-0.1, -0.05) is 13.8 Å². The van der Waals surface area contributed by atoms with Gasteiger partial charge < -0.3 is 9.80 Å². The first-order valence-electron chi connectivity index (χ1n) is 14.9. The summed E-state index contributed by atoms with van der Waals surface area (Å²) in [7, 11) is 0. The van der Waals surface area contributed by atoms with Crippen LogP contribution in [0.1, 0.15) is 63.5 Å². The topological polar surface area (TPSA) is 179 Å². The molecule has 14 nitrogen and oxygen atoms in total. The van der Waals surface area contributed by atoms with Crippen LogP contribution in [0.15, 0.2) is 24.3 Å². The molecule has 2 aromatic carbocycles. The zero-order chi connectivity index (χ0) is 36.1. The maximum atomic E-state index is 12.9. The summed E-state index contributed by atoms with van der Waals surface area (Å²) in [4.78, 5) is 44.1. The van der Waals surface area contributed by atoms with Gasteiger partial charge in [0, 0.05) is 50.4 Å². The molecule has 0 atom stereocenters. The average molecular weight is 695 g/mol. The van der Waals surface area contributed by atoms with Crippen LogP contribution in [0, 0.1) is 52.3 Å². The van der Waals surface area contributed by atoms with E-state index >= 15 is 0 Å². The van der Waals surface area contributed by atoms with Crippen LogP contribution in [0.3, 0.4) is 0 Å². The van der Waals surface area contributed by atoms with Crippen molar-refractivity contribution in [3.8, 4) is 0 Å². The normalized spacial score (nSPS) is 14.5. The SMILES string of the molecule is CCCN(CC1CC1)c1c([N+](=O)[O-])cc(C(F)(F)F)cc1[N+](=O)[O-].CCCN(CC1CC1)c1c([N+](=O)[O-])cc(C(F)(F)F)cc1[N+](=O)[O-]. The second-order valence-corrected chi connectivity index (χ2v) is 11.5. The molecular formula is C28H32F6N6O8. The Morgan fingerprint density at radius 2 is 0.833 bits per heavy atom. The minimum Gasteiger partial charge on any atom is -0.360 e. The van der Waals surface area contributed by atoms with Crippen molar-refractivity contribution in [3.63, 3.8) is 0 Å². The van der Waals surface area contributed by atoms with Crippen molar-refractivity contribution in [2.75, 3.05) is 36.0 Å². The second kappa shape index (κ2) is 15.0. The van der Waals surface area contributed by atoms with E-state index in [-0.39, 0.29) is 23.2 Å². The molecule has 2 saturated carbocycles. The summed E-state index contributed by atoms with van der Waals surface area (Å²) in [6.07, 6.45) is -5.07. The van der Waals surface area contributed by atoms with Crippen LogP contribution in [0.4, 0.5) is 60.5 Å². The van der Waals surface area contributed by atoms with Crippen LogP contribution in [0.2, 0.25) is 0 Å². The third-order valence-electron chi connectivity index (χ3n) is 7.55. The first-order chi connectivity index (χ1) is 22.3. The molecule has 0 bridgehead atoms. The maximum absolute atomic E-state index is 12.9.